The molecular weight excluding hydrogens is 128 g/mol. The highest BCUT2D eigenvalue weighted by atomic mass is 16.5. The first-order valence-corrected chi connectivity index (χ1v) is 2.99. The fourth-order valence-corrected chi connectivity index (χ4v) is 1.43. The van der Waals surface area contributed by atoms with Crippen LogP contribution >= 0.6 is 0 Å². The van der Waals surface area contributed by atoms with Crippen molar-refractivity contribution in [3.63, 3.8) is 0 Å². The molecule has 2 aromatic heterocycles. The van der Waals surface area contributed by atoms with Gasteiger partial charge in [0.05, 0.1) is 5.52 Å². The monoisotopic (exact) mass is 136 g/mol. The third kappa shape index (κ3) is 0.369. The van der Waals surface area contributed by atoms with Gasteiger partial charge in [0.15, 0.2) is 6.73 Å². The lowest BCUT2D eigenvalue weighted by Crippen LogP contribution is -1.97. The van der Waals surface area contributed by atoms with E-state index in [-0.39, 0.29) is 6.15 Å². The maximum absolute atomic E-state index is 5.26. The van der Waals surface area contributed by atoms with E-state index in [0.29, 0.717) is 0 Å². The normalized spacial score (nSPS) is 13.6. The average Bonchev–Trinajstić information content (AvgIpc) is 2.50. The van der Waals surface area contributed by atoms with Crippen LogP contribution in [0, 0.1) is 0 Å². The minimum absolute atomic E-state index is 0. The van der Waals surface area contributed by atoms with Gasteiger partial charge in [0, 0.05) is 11.6 Å². The molecule has 3 heterocycles. The minimum Gasteiger partial charge on any atom is -0.470 e. The predicted molar refractivity (Wildman–Crippen MR) is 38.8 cm³/mol. The van der Waals surface area contributed by atoms with Crippen LogP contribution in [0.2, 0.25) is 0 Å². The second-order valence-electron chi connectivity index (χ2n) is 2.35. The summed E-state index contributed by atoms with van der Waals surface area (Å²) in [4.78, 5) is 0. The van der Waals surface area contributed by atoms with Crippen molar-refractivity contribution in [2.24, 2.45) is 0 Å². The first-order valence-electron chi connectivity index (χ1n) is 2.99. The molecule has 3 N–H and O–H groups in total. The van der Waals surface area contributed by atoms with Crippen molar-refractivity contribution >= 4 is 11.0 Å². The van der Waals surface area contributed by atoms with E-state index in [9.17, 15) is 0 Å². The van der Waals surface area contributed by atoms with Gasteiger partial charge in [-0.05, 0) is 12.1 Å². The summed E-state index contributed by atoms with van der Waals surface area (Å²) in [6.07, 6.45) is 0. The van der Waals surface area contributed by atoms with Crippen molar-refractivity contribution in [1.82, 2.24) is 10.7 Å². The molecule has 0 aliphatic carbocycles. The number of benzene rings is 1. The number of hydrogen-bond acceptors (Lipinski definition) is 2. The quantitative estimate of drug-likeness (QED) is 0.597. The van der Waals surface area contributed by atoms with Crippen LogP contribution in [0.1, 0.15) is 0 Å². The van der Waals surface area contributed by atoms with Crippen molar-refractivity contribution in [2.45, 2.75) is 6.73 Å². The molecule has 1 aliphatic heterocycles. The zero-order valence-corrected chi connectivity index (χ0v) is 5.50. The molecule has 3 nitrogen and oxygen atoms in total. The number of rotatable bonds is 0. The summed E-state index contributed by atoms with van der Waals surface area (Å²) < 4.78 is 7.43. The van der Waals surface area contributed by atoms with Crippen LogP contribution < -0.4 is 10.9 Å². The lowest BCUT2D eigenvalue weighted by atomic mass is 10.3. The van der Waals surface area contributed by atoms with Crippen molar-refractivity contribution in [3.05, 3.63) is 18.2 Å². The van der Waals surface area contributed by atoms with Gasteiger partial charge in [-0.3, -0.25) is 0 Å². The van der Waals surface area contributed by atoms with Crippen LogP contribution in [-0.2, 0) is 6.73 Å². The van der Waals surface area contributed by atoms with Crippen LogP contribution in [-0.4, -0.2) is 4.57 Å². The third-order valence-corrected chi connectivity index (χ3v) is 1.90. The van der Waals surface area contributed by atoms with Crippen molar-refractivity contribution in [3.8, 4) is 5.75 Å². The van der Waals surface area contributed by atoms with Gasteiger partial charge >= 0.3 is 0 Å². The molecule has 0 radical (unpaired) electrons. The van der Waals surface area contributed by atoms with E-state index in [1.54, 1.807) is 0 Å². The lowest BCUT2D eigenvalue weighted by molar-refractivity contribution is 0.268. The Kier molecular flexibility index (Phi) is 0.798. The highest BCUT2D eigenvalue weighted by Crippen LogP contribution is 2.34. The number of nitrogens with zero attached hydrogens (tertiary/aromatic N) is 1. The molecule has 0 saturated carbocycles. The Morgan fingerprint density at radius 3 is 2.80 bits per heavy atom. The van der Waals surface area contributed by atoms with Crippen LogP contribution in [0.15, 0.2) is 18.2 Å². The summed E-state index contributed by atoms with van der Waals surface area (Å²) in [5.74, 6) is 1.05. The van der Waals surface area contributed by atoms with E-state index < -0.39 is 0 Å². The summed E-state index contributed by atoms with van der Waals surface area (Å²) in [6, 6.07) is 6.28. The van der Waals surface area contributed by atoms with Crippen molar-refractivity contribution in [1.29, 1.82) is 0 Å². The molecule has 2 aromatic rings. The van der Waals surface area contributed by atoms with E-state index in [2.05, 4.69) is 22.8 Å². The molecule has 10 heavy (non-hydrogen) atoms. The Balaban J connectivity index is 0.000000403. The lowest BCUT2D eigenvalue weighted by Gasteiger charge is -2.00. The fraction of sp³-hybridized carbons (Fsp3) is 0.143. The van der Waals surface area contributed by atoms with Gasteiger partial charge in [-0.15, -0.1) is 0 Å². The van der Waals surface area contributed by atoms with Gasteiger partial charge in [-0.25, -0.2) is 0 Å². The largest absolute Gasteiger partial charge is 0.470 e. The van der Waals surface area contributed by atoms with Crippen molar-refractivity contribution < 1.29 is 4.74 Å². The summed E-state index contributed by atoms with van der Waals surface area (Å²) >= 11 is 0. The second-order valence-corrected chi connectivity index (χ2v) is 2.35. The molecule has 0 spiro atoms. The summed E-state index contributed by atoms with van der Waals surface area (Å²) in [6.45, 7) is 0.726. The fourth-order valence-electron chi connectivity index (χ4n) is 1.43. The molecule has 0 fully saturated rings. The minimum atomic E-state index is 0. The Hall–Kier alpha value is -1.22. The van der Waals surface area contributed by atoms with Crippen LogP contribution in [0.25, 0.3) is 11.0 Å². The first kappa shape index (κ1) is 5.56. The molecule has 3 heteroatoms. The molecule has 0 unspecified atom stereocenters. The van der Waals surface area contributed by atoms with Gasteiger partial charge in [0.1, 0.15) is 5.75 Å². The highest BCUT2D eigenvalue weighted by Gasteiger charge is 2.17. The Bertz CT molecular complexity index is 352. The Morgan fingerprint density at radius 2 is 2.30 bits per heavy atom. The highest BCUT2D eigenvalue weighted by molar-refractivity contribution is 5.77. The smallest absolute Gasteiger partial charge is 0.165 e. The number of ether oxygens (including phenoxy) is 1. The Morgan fingerprint density at radius 1 is 1.40 bits per heavy atom. The van der Waals surface area contributed by atoms with Crippen LogP contribution in [0.4, 0.5) is 0 Å². The molecule has 0 atom stereocenters. The second kappa shape index (κ2) is 1.44. The van der Waals surface area contributed by atoms with Gasteiger partial charge in [0.25, 0.3) is 0 Å². The van der Waals surface area contributed by atoms with Gasteiger partial charge < -0.3 is 15.5 Å². The molecule has 4 bridgehead atoms. The van der Waals surface area contributed by atoms with Crippen LogP contribution in [0.3, 0.4) is 0 Å². The van der Waals surface area contributed by atoms with Gasteiger partial charge in [-0.2, -0.15) is 0 Å². The molecule has 0 aromatic carbocycles. The summed E-state index contributed by atoms with van der Waals surface area (Å²) in [7, 11) is 0. The van der Waals surface area contributed by atoms with Crippen LogP contribution in [0.5, 0.6) is 5.75 Å². The molecule has 0 amide bonds. The predicted octanol–water partition coefficient (Wildman–Crippen LogP) is 1.59. The molecule has 0 saturated heterocycles. The molecule has 3 rings (SSSR count). The summed E-state index contributed by atoms with van der Waals surface area (Å²) in [5.41, 5.74) is 2.52. The molecule has 52 valence electrons. The topological polar surface area (TPSA) is 49.2 Å². The van der Waals surface area contributed by atoms with Gasteiger partial charge in [0.2, 0.25) is 0 Å². The van der Waals surface area contributed by atoms with E-state index in [1.165, 1.54) is 11.0 Å². The zero-order chi connectivity index (χ0) is 5.84. The van der Waals surface area contributed by atoms with Crippen molar-refractivity contribution in [2.75, 3.05) is 0 Å². The van der Waals surface area contributed by atoms with E-state index in [4.69, 9.17) is 4.74 Å². The number of aromatic nitrogens is 1. The third-order valence-electron chi connectivity index (χ3n) is 1.90. The van der Waals surface area contributed by atoms with Gasteiger partial charge in [-0.1, -0.05) is 0 Å². The van der Waals surface area contributed by atoms with E-state index >= 15 is 0 Å². The summed E-state index contributed by atoms with van der Waals surface area (Å²) in [5, 5.41) is 0. The average molecular weight is 136 g/mol. The SMILES string of the molecule is N.c1cc2c3cc1n2CO3. The maximum atomic E-state index is 5.26. The first-order chi connectivity index (χ1) is 4.45. The Labute approximate surface area is 58.1 Å². The van der Waals surface area contributed by atoms with E-state index in [1.807, 2.05) is 0 Å². The maximum Gasteiger partial charge on any atom is 0.165 e. The molecule has 1 aliphatic rings. The van der Waals surface area contributed by atoms with E-state index in [0.717, 1.165) is 12.5 Å². The standard InChI is InChI=1S/C7H5NO.H3N/c1-2-6-7-3-5(1)8(6)4-9-7;/h1-3H,4H2;1H3. The molecular formula is C7H8N2O. The zero-order valence-electron chi connectivity index (χ0n) is 5.50. The number of hydrogen-bond donors (Lipinski definition) is 1.